The highest BCUT2D eigenvalue weighted by atomic mass is 32.1. The van der Waals surface area contributed by atoms with Crippen molar-refractivity contribution < 1.29 is 9.13 Å². The summed E-state index contributed by atoms with van der Waals surface area (Å²) in [5, 5.41) is 2.90. The number of nitrogens with zero attached hydrogens (tertiary/aromatic N) is 2. The summed E-state index contributed by atoms with van der Waals surface area (Å²) in [6, 6.07) is 6.16. The number of hydrogen-bond donors (Lipinski definition) is 2. The topological polar surface area (TPSA) is 73.1 Å². The molecule has 0 amide bonds. The van der Waals surface area contributed by atoms with Crippen molar-refractivity contribution in [3.63, 3.8) is 0 Å². The van der Waals surface area contributed by atoms with Crippen molar-refractivity contribution in [2.75, 3.05) is 12.4 Å². The largest absolute Gasteiger partial charge is 0.494 e. The van der Waals surface area contributed by atoms with Crippen molar-refractivity contribution in [2.45, 2.75) is 6.92 Å². The van der Waals surface area contributed by atoms with Crippen LogP contribution < -0.4 is 15.8 Å². The molecule has 1 aromatic carbocycles. The first-order valence-electron chi connectivity index (χ1n) is 5.75. The van der Waals surface area contributed by atoms with Crippen molar-refractivity contribution in [3.8, 4) is 5.75 Å². The zero-order chi connectivity index (χ0) is 14.7. The van der Waals surface area contributed by atoms with Crippen molar-refractivity contribution in [1.82, 2.24) is 9.97 Å². The maximum atomic E-state index is 13.6. The van der Waals surface area contributed by atoms with Crippen LogP contribution in [0.2, 0.25) is 0 Å². The zero-order valence-corrected chi connectivity index (χ0v) is 11.8. The van der Waals surface area contributed by atoms with E-state index in [4.69, 9.17) is 22.7 Å². The maximum Gasteiger partial charge on any atom is 0.228 e. The van der Waals surface area contributed by atoms with Gasteiger partial charge in [-0.1, -0.05) is 12.2 Å². The fourth-order valence-electron chi connectivity index (χ4n) is 1.62. The molecule has 0 saturated heterocycles. The number of rotatable bonds is 4. The van der Waals surface area contributed by atoms with Gasteiger partial charge < -0.3 is 15.8 Å². The van der Waals surface area contributed by atoms with Crippen LogP contribution in [0.25, 0.3) is 0 Å². The molecule has 0 atom stereocenters. The minimum absolute atomic E-state index is 0.171. The van der Waals surface area contributed by atoms with Crippen molar-refractivity contribution in [3.05, 3.63) is 41.5 Å². The maximum absolute atomic E-state index is 13.6. The number of ether oxygens (including phenoxy) is 1. The van der Waals surface area contributed by atoms with Gasteiger partial charge in [0.05, 0.1) is 7.11 Å². The van der Waals surface area contributed by atoms with Gasteiger partial charge in [0.15, 0.2) is 11.6 Å². The summed E-state index contributed by atoms with van der Waals surface area (Å²) < 4.78 is 18.4. The lowest BCUT2D eigenvalue weighted by atomic mass is 10.3. The molecule has 20 heavy (non-hydrogen) atoms. The summed E-state index contributed by atoms with van der Waals surface area (Å²) in [6.07, 6.45) is 0. The van der Waals surface area contributed by atoms with Gasteiger partial charge in [0.25, 0.3) is 0 Å². The number of anilines is 2. The quantitative estimate of drug-likeness (QED) is 0.843. The molecule has 0 aliphatic heterocycles. The van der Waals surface area contributed by atoms with E-state index in [1.54, 1.807) is 19.1 Å². The minimum Gasteiger partial charge on any atom is -0.494 e. The van der Waals surface area contributed by atoms with E-state index in [1.807, 2.05) is 0 Å². The zero-order valence-electron chi connectivity index (χ0n) is 11.0. The Kier molecular flexibility index (Phi) is 4.09. The number of thiocarbonyl (C=S) groups is 1. The van der Waals surface area contributed by atoms with E-state index in [9.17, 15) is 4.39 Å². The molecule has 3 N–H and O–H groups in total. The lowest BCUT2D eigenvalue weighted by molar-refractivity contribution is 0.386. The monoisotopic (exact) mass is 292 g/mol. The highest BCUT2D eigenvalue weighted by Crippen LogP contribution is 2.22. The normalized spacial score (nSPS) is 10.2. The summed E-state index contributed by atoms with van der Waals surface area (Å²) >= 11 is 4.88. The second kappa shape index (κ2) is 5.79. The number of aromatic nitrogens is 2. The van der Waals surface area contributed by atoms with Crippen LogP contribution in [0.4, 0.5) is 16.0 Å². The highest BCUT2D eigenvalue weighted by Gasteiger charge is 2.07. The molecular formula is C13H13FN4OS. The number of nitrogens with two attached hydrogens (primary N) is 1. The fraction of sp³-hybridized carbons (Fsp3) is 0.154. The van der Waals surface area contributed by atoms with Crippen molar-refractivity contribution >= 4 is 28.8 Å². The van der Waals surface area contributed by atoms with Crippen LogP contribution in [-0.4, -0.2) is 22.1 Å². The second-order valence-electron chi connectivity index (χ2n) is 4.06. The predicted molar refractivity (Wildman–Crippen MR) is 78.9 cm³/mol. The Balaban J connectivity index is 2.30. The molecule has 0 aliphatic rings. The SMILES string of the molecule is COc1ccc(Nc2nc(C)cc(C(N)=S)n2)cc1F. The molecule has 0 fully saturated rings. The molecule has 0 saturated carbocycles. The average Bonchev–Trinajstić information content (AvgIpc) is 2.38. The third-order valence-electron chi connectivity index (χ3n) is 2.51. The van der Waals surface area contributed by atoms with Gasteiger partial charge in [-0.25, -0.2) is 14.4 Å². The summed E-state index contributed by atoms with van der Waals surface area (Å²) in [5.41, 5.74) is 7.22. The Hall–Kier alpha value is -2.28. The fourth-order valence-corrected chi connectivity index (χ4v) is 1.73. The van der Waals surface area contributed by atoms with Crippen LogP contribution >= 0.6 is 12.2 Å². The highest BCUT2D eigenvalue weighted by molar-refractivity contribution is 7.80. The Bertz CT molecular complexity index is 663. The van der Waals surface area contributed by atoms with Gasteiger partial charge in [0, 0.05) is 17.4 Å². The molecule has 1 heterocycles. The van der Waals surface area contributed by atoms with E-state index in [-0.39, 0.29) is 10.7 Å². The lowest BCUT2D eigenvalue weighted by Crippen LogP contribution is -2.13. The van der Waals surface area contributed by atoms with E-state index in [1.165, 1.54) is 19.2 Å². The van der Waals surface area contributed by atoms with Gasteiger partial charge in [-0.3, -0.25) is 0 Å². The molecule has 2 rings (SSSR count). The predicted octanol–water partition coefficient (Wildman–Crippen LogP) is 2.31. The van der Waals surface area contributed by atoms with Crippen LogP contribution in [0, 0.1) is 12.7 Å². The number of methoxy groups -OCH3 is 1. The van der Waals surface area contributed by atoms with E-state index in [2.05, 4.69) is 15.3 Å². The van der Waals surface area contributed by atoms with Crippen molar-refractivity contribution in [2.24, 2.45) is 5.73 Å². The molecule has 1 aromatic heterocycles. The average molecular weight is 292 g/mol. The third-order valence-corrected chi connectivity index (χ3v) is 2.72. The first-order valence-corrected chi connectivity index (χ1v) is 6.16. The Labute approximate surface area is 121 Å². The van der Waals surface area contributed by atoms with E-state index in [0.717, 1.165) is 0 Å². The van der Waals surface area contributed by atoms with Gasteiger partial charge in [0.2, 0.25) is 5.95 Å². The molecule has 104 valence electrons. The van der Waals surface area contributed by atoms with Gasteiger partial charge in [-0.2, -0.15) is 0 Å². The molecular weight excluding hydrogens is 279 g/mol. The van der Waals surface area contributed by atoms with Crippen LogP contribution in [0.3, 0.4) is 0 Å². The lowest BCUT2D eigenvalue weighted by Gasteiger charge is -2.09. The first-order chi connectivity index (χ1) is 9.49. The summed E-state index contributed by atoms with van der Waals surface area (Å²) in [5.74, 6) is 0.00150. The molecule has 0 aliphatic carbocycles. The molecule has 0 bridgehead atoms. The number of nitrogens with one attached hydrogen (secondary N) is 1. The Morgan fingerprint density at radius 3 is 2.70 bits per heavy atom. The third kappa shape index (κ3) is 3.18. The smallest absolute Gasteiger partial charge is 0.228 e. The van der Waals surface area contributed by atoms with E-state index in [0.29, 0.717) is 23.0 Å². The number of benzene rings is 1. The van der Waals surface area contributed by atoms with Crippen molar-refractivity contribution in [1.29, 1.82) is 0 Å². The number of halogens is 1. The van der Waals surface area contributed by atoms with Gasteiger partial charge in [0.1, 0.15) is 10.7 Å². The van der Waals surface area contributed by atoms with E-state index < -0.39 is 5.82 Å². The van der Waals surface area contributed by atoms with Crippen LogP contribution in [-0.2, 0) is 0 Å². The van der Waals surface area contributed by atoms with Crippen LogP contribution in [0.5, 0.6) is 5.75 Å². The molecule has 2 aromatic rings. The summed E-state index contributed by atoms with van der Waals surface area (Å²) in [6.45, 7) is 1.79. The van der Waals surface area contributed by atoms with E-state index >= 15 is 0 Å². The molecule has 0 unspecified atom stereocenters. The molecule has 7 heteroatoms. The van der Waals surface area contributed by atoms with Gasteiger partial charge in [-0.15, -0.1) is 0 Å². The summed E-state index contributed by atoms with van der Waals surface area (Å²) in [4.78, 5) is 8.53. The standard InChI is InChI=1S/C13H13FN4OS/c1-7-5-10(12(15)20)18-13(16-7)17-8-3-4-11(19-2)9(14)6-8/h3-6H,1-2H3,(H2,15,20)(H,16,17,18). The molecule has 0 spiro atoms. The summed E-state index contributed by atoms with van der Waals surface area (Å²) in [7, 11) is 1.41. The Morgan fingerprint density at radius 1 is 1.35 bits per heavy atom. The van der Waals surface area contributed by atoms with Crippen LogP contribution in [0.1, 0.15) is 11.4 Å². The first kappa shape index (κ1) is 14.1. The Morgan fingerprint density at radius 2 is 2.10 bits per heavy atom. The second-order valence-corrected chi connectivity index (χ2v) is 4.50. The molecule has 5 nitrogen and oxygen atoms in total. The van der Waals surface area contributed by atoms with Crippen LogP contribution in [0.15, 0.2) is 24.3 Å². The number of aryl methyl sites for hydroxylation is 1. The minimum atomic E-state index is -0.472. The van der Waals surface area contributed by atoms with Gasteiger partial charge >= 0.3 is 0 Å². The number of hydrogen-bond acceptors (Lipinski definition) is 5. The molecule has 0 radical (unpaired) electrons. The van der Waals surface area contributed by atoms with Gasteiger partial charge in [-0.05, 0) is 25.1 Å².